The molecule has 0 unspecified atom stereocenters. The van der Waals surface area contributed by atoms with E-state index in [1.54, 1.807) is 30.3 Å². The van der Waals surface area contributed by atoms with Crippen LogP contribution in [-0.2, 0) is 24.1 Å². The summed E-state index contributed by atoms with van der Waals surface area (Å²) in [6.45, 7) is 0. The molecule has 4 aromatic rings. The Morgan fingerprint density at radius 1 is 0.789 bits per heavy atom. The molecule has 0 atom stereocenters. The van der Waals surface area contributed by atoms with Crippen LogP contribution in [0, 0.1) is 9.28 Å². The zero-order valence-corrected chi connectivity index (χ0v) is 23.7. The van der Waals surface area contributed by atoms with Gasteiger partial charge in [0, 0.05) is 29.1 Å². The van der Waals surface area contributed by atoms with Gasteiger partial charge in [0.2, 0.25) is 11.9 Å². The Labute approximate surface area is 237 Å². The summed E-state index contributed by atoms with van der Waals surface area (Å²) in [5, 5.41) is 6.57. The molecule has 0 spiro atoms. The fourth-order valence-electron chi connectivity index (χ4n) is 3.21. The largest absolute Gasteiger partial charge is 0.412 e. The first-order chi connectivity index (χ1) is 17.8. The van der Waals surface area contributed by atoms with Crippen LogP contribution in [0.3, 0.4) is 0 Å². The molecule has 0 radical (unpaired) electrons. The van der Waals surface area contributed by atoms with E-state index in [0.717, 1.165) is 6.07 Å². The van der Waals surface area contributed by atoms with E-state index in [9.17, 15) is 16.8 Å². The molecule has 5 N–H and O–H groups in total. The van der Waals surface area contributed by atoms with Crippen molar-refractivity contribution in [3.05, 3.63) is 63.9 Å². The molecule has 0 saturated heterocycles. The minimum Gasteiger partial charge on any atom is -0.326 e. The zero-order chi connectivity index (χ0) is 27.7. The first-order valence-electron chi connectivity index (χ1n) is 10.1. The van der Waals surface area contributed by atoms with Crippen LogP contribution in [0.1, 0.15) is 0 Å². The second-order valence-corrected chi connectivity index (χ2v) is 11.9. The van der Waals surface area contributed by atoms with Crippen LogP contribution in [0.5, 0.6) is 0 Å². The van der Waals surface area contributed by atoms with Crippen LogP contribution in [-0.4, -0.2) is 41.3 Å². The highest BCUT2D eigenvalue weighted by Gasteiger charge is 2.27. The number of thiol groups is 2. The Morgan fingerprint density at radius 3 is 1.79 bits per heavy atom. The molecule has 0 aliphatic heterocycles. The number of nitrogens with zero attached hydrogens (tertiary/aromatic N) is 2. The lowest BCUT2D eigenvalue weighted by atomic mass is 10.0. The van der Waals surface area contributed by atoms with E-state index >= 15 is 0 Å². The molecule has 0 bridgehead atoms. The van der Waals surface area contributed by atoms with E-state index in [1.807, 2.05) is 0 Å². The maximum Gasteiger partial charge on any atom is 0.412 e. The van der Waals surface area contributed by atoms with Crippen LogP contribution >= 0.6 is 49.7 Å². The van der Waals surface area contributed by atoms with E-state index in [4.69, 9.17) is 29.0 Å². The van der Waals surface area contributed by atoms with Gasteiger partial charge in [0.15, 0.2) is 0 Å². The highest BCUT2D eigenvalue weighted by molar-refractivity contribution is 7.97. The number of aromatic amines is 2. The SMILES string of the molecule is O=S(=O)(O)OS(=O)(=O)c1cc(Nc2nc(S)cc(=S)[nH]2)ccc1-c1ccc(Nc2nc(S)cc(=S)[nH]2)cc1. The average Bonchev–Trinajstić information content (AvgIpc) is 2.77. The van der Waals surface area contributed by atoms with Gasteiger partial charge in [-0.05, 0) is 29.8 Å². The van der Waals surface area contributed by atoms with Crippen molar-refractivity contribution in [2.45, 2.75) is 14.9 Å². The normalized spacial score (nSPS) is 11.8. The van der Waals surface area contributed by atoms with E-state index < -0.39 is 25.4 Å². The number of H-pyrrole nitrogens is 2. The minimum absolute atomic E-state index is 0.0875. The van der Waals surface area contributed by atoms with Gasteiger partial charge in [-0.3, -0.25) is 4.55 Å². The Balaban J connectivity index is 1.73. The van der Waals surface area contributed by atoms with Gasteiger partial charge in [-0.2, -0.15) is 16.8 Å². The first-order valence-corrected chi connectivity index (χ1v) is 14.6. The predicted molar refractivity (Wildman–Crippen MR) is 152 cm³/mol. The number of aromatic nitrogens is 4. The number of benzene rings is 2. The third-order valence-electron chi connectivity index (χ3n) is 4.60. The summed E-state index contributed by atoms with van der Waals surface area (Å²) in [6, 6.07) is 13.6. The fourth-order valence-corrected chi connectivity index (χ4v) is 6.18. The number of nitrogens with one attached hydrogen (secondary N) is 4. The lowest BCUT2D eigenvalue weighted by molar-refractivity contribution is 0.383. The number of hydrogen-bond acceptors (Lipinski definition) is 13. The monoisotopic (exact) mass is 628 g/mol. The quantitative estimate of drug-likeness (QED) is 0.0612. The third kappa shape index (κ3) is 7.38. The summed E-state index contributed by atoms with van der Waals surface area (Å²) in [7, 11) is -10.3. The van der Waals surface area contributed by atoms with Gasteiger partial charge in [-0.25, -0.2) is 9.97 Å². The van der Waals surface area contributed by atoms with E-state index in [1.165, 1.54) is 18.2 Å². The molecule has 0 aliphatic rings. The van der Waals surface area contributed by atoms with Crippen LogP contribution in [0.15, 0.2) is 69.5 Å². The molecule has 0 saturated carbocycles. The van der Waals surface area contributed by atoms with Gasteiger partial charge in [0.05, 0.1) is 10.1 Å². The lowest BCUT2D eigenvalue weighted by Gasteiger charge is -2.14. The van der Waals surface area contributed by atoms with Crippen molar-refractivity contribution in [3.8, 4) is 11.1 Å². The third-order valence-corrected chi connectivity index (χ3v) is 7.78. The summed E-state index contributed by atoms with van der Waals surface area (Å²) >= 11 is 18.5. The molecule has 0 fully saturated rings. The second-order valence-electron chi connectivity index (χ2n) is 7.39. The predicted octanol–water partition coefficient (Wildman–Crippen LogP) is 4.83. The average molecular weight is 629 g/mol. The molecule has 2 aromatic carbocycles. The molecule has 12 nitrogen and oxygen atoms in total. The minimum atomic E-state index is -5.35. The highest BCUT2D eigenvalue weighted by atomic mass is 32.3. The van der Waals surface area contributed by atoms with Crippen LogP contribution in [0.4, 0.5) is 23.3 Å². The topological polar surface area (TPSA) is 179 Å². The maximum absolute atomic E-state index is 12.8. The molecular formula is C20H16N6O6S6. The van der Waals surface area contributed by atoms with E-state index in [2.05, 4.69) is 59.5 Å². The van der Waals surface area contributed by atoms with Crippen molar-refractivity contribution >= 4 is 93.5 Å². The number of rotatable bonds is 8. The Bertz CT molecular complexity index is 1860. The van der Waals surface area contributed by atoms with Crippen LogP contribution in [0.25, 0.3) is 11.1 Å². The molecule has 0 amide bonds. The van der Waals surface area contributed by atoms with Gasteiger partial charge in [-0.15, -0.1) is 28.9 Å². The summed E-state index contributed by atoms with van der Waals surface area (Å²) in [4.78, 5) is 13.4. The molecule has 4 rings (SSSR count). The molecule has 0 aliphatic carbocycles. The molecule has 18 heteroatoms. The number of hydrogen-bond donors (Lipinski definition) is 7. The van der Waals surface area contributed by atoms with Crippen LogP contribution < -0.4 is 10.6 Å². The van der Waals surface area contributed by atoms with Gasteiger partial charge in [0.25, 0.3) is 0 Å². The smallest absolute Gasteiger partial charge is 0.326 e. The standard InChI is InChI=1S/C20H16N6O6S6/c27-37(28,32-38(29,30)31)14-7-12(22-20-25-17(35)9-18(36)26-20)5-6-13(14)10-1-3-11(4-2-10)21-19-23-15(33)8-16(34)24-19/h1-9H,(H,29,30,31)(H3,21,23,24,33,34)(H3,22,25,26,35,36). The summed E-state index contributed by atoms with van der Waals surface area (Å²) in [5.74, 6) is 0.496. The van der Waals surface area contributed by atoms with Crippen molar-refractivity contribution in [3.63, 3.8) is 0 Å². The molecular weight excluding hydrogens is 613 g/mol. The van der Waals surface area contributed by atoms with Gasteiger partial charge >= 0.3 is 20.5 Å². The first kappa shape index (κ1) is 28.2. The van der Waals surface area contributed by atoms with Crippen molar-refractivity contribution in [1.82, 2.24) is 19.9 Å². The van der Waals surface area contributed by atoms with Crippen molar-refractivity contribution in [2.75, 3.05) is 10.6 Å². The second kappa shape index (κ2) is 11.1. The van der Waals surface area contributed by atoms with E-state index in [0.29, 0.717) is 36.5 Å². The molecule has 38 heavy (non-hydrogen) atoms. The van der Waals surface area contributed by atoms with Crippen LogP contribution in [0.2, 0.25) is 0 Å². The maximum atomic E-state index is 12.8. The van der Waals surface area contributed by atoms with Gasteiger partial charge < -0.3 is 20.6 Å². The Morgan fingerprint density at radius 2 is 1.29 bits per heavy atom. The summed E-state index contributed by atoms with van der Waals surface area (Å²) in [5.41, 5.74) is 1.24. The number of anilines is 4. The fraction of sp³-hybridized carbons (Fsp3) is 0. The highest BCUT2D eigenvalue weighted by Crippen LogP contribution is 2.33. The van der Waals surface area contributed by atoms with Crippen molar-refractivity contribution < 1.29 is 25.0 Å². The Kier molecular flexibility index (Phi) is 8.23. The Hall–Kier alpha value is -2.84. The summed E-state index contributed by atoms with van der Waals surface area (Å²) in [6.07, 6.45) is 0. The molecule has 198 valence electrons. The van der Waals surface area contributed by atoms with Crippen molar-refractivity contribution in [1.29, 1.82) is 0 Å². The molecule has 2 heterocycles. The zero-order valence-electron chi connectivity index (χ0n) is 18.6. The van der Waals surface area contributed by atoms with E-state index in [-0.39, 0.29) is 17.2 Å². The molecule has 2 aromatic heterocycles. The summed E-state index contributed by atoms with van der Waals surface area (Å²) < 4.78 is 62.0. The lowest BCUT2D eigenvalue weighted by Crippen LogP contribution is -2.14. The van der Waals surface area contributed by atoms with Crippen molar-refractivity contribution in [2.24, 2.45) is 0 Å². The van der Waals surface area contributed by atoms with Gasteiger partial charge in [-0.1, -0.05) is 42.6 Å². The van der Waals surface area contributed by atoms with Gasteiger partial charge in [0.1, 0.15) is 14.2 Å².